The molecule has 2 atom stereocenters. The summed E-state index contributed by atoms with van der Waals surface area (Å²) in [6.07, 6.45) is 0. The molecule has 2 unspecified atom stereocenters. The molecule has 1 aliphatic rings. The molecule has 2 heterocycles. The summed E-state index contributed by atoms with van der Waals surface area (Å²) in [5.74, 6) is 0.0673. The van der Waals surface area contributed by atoms with Crippen molar-refractivity contribution in [1.82, 2.24) is 0 Å². The van der Waals surface area contributed by atoms with Crippen molar-refractivity contribution in [3.05, 3.63) is 229 Å². The molecule has 10 aromatic rings. The molecule has 0 saturated heterocycles. The van der Waals surface area contributed by atoms with Crippen LogP contribution < -0.4 is 4.90 Å². The maximum Gasteiger partial charge on any atom is 0.143 e. The van der Waals surface area contributed by atoms with Crippen LogP contribution in [0.5, 0.6) is 0 Å². The summed E-state index contributed by atoms with van der Waals surface area (Å²) in [6, 6.07) is 75.9. The maximum atomic E-state index is 6.66. The van der Waals surface area contributed by atoms with Gasteiger partial charge in [0.25, 0.3) is 0 Å². The molecule has 0 amide bonds. The minimum atomic E-state index is 0.0662. The molecular weight excluding hydrogens is 832 g/mol. The molecule has 0 bridgehead atoms. The van der Waals surface area contributed by atoms with E-state index in [9.17, 15) is 0 Å². The Morgan fingerprint density at radius 1 is 0.424 bits per heavy atom. The van der Waals surface area contributed by atoms with Gasteiger partial charge in [0.1, 0.15) is 11.2 Å². The van der Waals surface area contributed by atoms with Crippen molar-refractivity contribution in [3.8, 4) is 22.3 Å². The van der Waals surface area contributed by atoms with Crippen LogP contribution in [0.1, 0.15) is 22.6 Å². The van der Waals surface area contributed by atoms with Gasteiger partial charge in [0, 0.05) is 39.1 Å². The Bertz CT molecular complexity index is 3070. The second kappa shape index (κ2) is 14.9. The van der Waals surface area contributed by atoms with Gasteiger partial charge in [0.2, 0.25) is 0 Å². The number of rotatable bonds is 7. The average Bonchev–Trinajstić information content (AvgIpc) is 3.70. The van der Waals surface area contributed by atoms with Gasteiger partial charge in [-0.3, -0.25) is 4.99 Å². The average molecular weight is 869 g/mol. The molecule has 1 aromatic heterocycles. The molecular formula is C55H37IN2O. The first-order valence-electron chi connectivity index (χ1n) is 20.0. The third-order valence-electron chi connectivity index (χ3n) is 11.7. The van der Waals surface area contributed by atoms with E-state index in [4.69, 9.17) is 9.41 Å². The van der Waals surface area contributed by atoms with Crippen molar-refractivity contribution in [2.75, 3.05) is 4.90 Å². The molecule has 0 fully saturated rings. The van der Waals surface area contributed by atoms with E-state index >= 15 is 0 Å². The Morgan fingerprint density at radius 2 is 0.949 bits per heavy atom. The van der Waals surface area contributed by atoms with Crippen LogP contribution in [0.4, 0.5) is 22.7 Å². The Labute approximate surface area is 357 Å². The topological polar surface area (TPSA) is 28.7 Å². The predicted molar refractivity (Wildman–Crippen MR) is 256 cm³/mol. The Balaban J connectivity index is 0.989. The highest BCUT2D eigenvalue weighted by Crippen LogP contribution is 2.48. The van der Waals surface area contributed by atoms with Gasteiger partial charge in [-0.2, -0.15) is 0 Å². The number of aliphatic imine (C=N–C) groups is 1. The van der Waals surface area contributed by atoms with Crippen LogP contribution in [-0.2, 0) is 0 Å². The number of furan rings is 1. The van der Waals surface area contributed by atoms with E-state index in [2.05, 4.69) is 240 Å². The number of anilines is 3. The Morgan fingerprint density at radius 3 is 1.59 bits per heavy atom. The van der Waals surface area contributed by atoms with Gasteiger partial charge in [-0.15, -0.1) is 0 Å². The monoisotopic (exact) mass is 868 g/mol. The number of benzene rings is 9. The van der Waals surface area contributed by atoms with Crippen LogP contribution in [0.2, 0.25) is 0 Å². The summed E-state index contributed by atoms with van der Waals surface area (Å²) in [4.78, 5) is 7.72. The van der Waals surface area contributed by atoms with E-state index in [1.807, 2.05) is 0 Å². The fourth-order valence-electron chi connectivity index (χ4n) is 8.84. The van der Waals surface area contributed by atoms with Gasteiger partial charge in [0.05, 0.1) is 15.3 Å². The number of hydrogen-bond acceptors (Lipinski definition) is 3. The quantitative estimate of drug-likeness (QED) is 0.118. The van der Waals surface area contributed by atoms with Gasteiger partial charge in [0.15, 0.2) is 0 Å². The maximum absolute atomic E-state index is 6.66. The summed E-state index contributed by atoms with van der Waals surface area (Å²) in [5, 5.41) is 4.65. The fourth-order valence-corrected chi connectivity index (χ4v) is 10.1. The zero-order chi connectivity index (χ0) is 39.3. The van der Waals surface area contributed by atoms with Crippen molar-refractivity contribution in [3.63, 3.8) is 0 Å². The minimum absolute atomic E-state index is 0.0662. The zero-order valence-electron chi connectivity index (χ0n) is 32.0. The molecule has 0 radical (unpaired) electrons. The highest BCUT2D eigenvalue weighted by molar-refractivity contribution is 14.1. The number of nitrogens with zero attached hydrogens (tertiary/aromatic N) is 2. The van der Waals surface area contributed by atoms with Crippen molar-refractivity contribution in [2.24, 2.45) is 4.99 Å². The van der Waals surface area contributed by atoms with Gasteiger partial charge in [-0.25, -0.2) is 0 Å². The van der Waals surface area contributed by atoms with E-state index in [0.717, 1.165) is 56.0 Å². The second-order valence-electron chi connectivity index (χ2n) is 15.1. The Hall–Kier alpha value is -6.76. The van der Waals surface area contributed by atoms with Crippen LogP contribution in [-0.4, -0.2) is 9.64 Å². The van der Waals surface area contributed by atoms with E-state index in [0.29, 0.717) is 0 Å². The van der Waals surface area contributed by atoms with Crippen LogP contribution in [0.25, 0.3) is 55.0 Å². The lowest BCUT2D eigenvalue weighted by molar-refractivity contribution is 0.672. The van der Waals surface area contributed by atoms with Gasteiger partial charge < -0.3 is 9.32 Å². The first kappa shape index (κ1) is 35.4. The molecule has 4 heteroatoms. The van der Waals surface area contributed by atoms with Crippen molar-refractivity contribution < 1.29 is 4.42 Å². The first-order chi connectivity index (χ1) is 29.2. The smallest absolute Gasteiger partial charge is 0.143 e. The van der Waals surface area contributed by atoms with E-state index in [1.165, 1.54) is 44.2 Å². The summed E-state index contributed by atoms with van der Waals surface area (Å²) < 4.78 is 6.73. The number of alkyl halides is 1. The highest BCUT2D eigenvalue weighted by atomic mass is 127. The summed E-state index contributed by atoms with van der Waals surface area (Å²) in [6.45, 7) is 0. The lowest BCUT2D eigenvalue weighted by atomic mass is 9.80. The standard InChI is InChI=1S/C55H37IN2O/c56-53-52(47-19-11-21-50-51(47)48-35-28-40-16-7-8-17-45(40)55(48)59-50)46-18-9-10-20-49(46)57-54(53)41-26-33-44(34-27-41)58(42-29-22-38(23-30-42)36-12-3-1-4-13-36)43-31-24-39(25-32-43)37-14-5-2-6-15-37/h1-35,52-53H. The number of para-hydroxylation sites is 1. The molecule has 1 aliphatic heterocycles. The highest BCUT2D eigenvalue weighted by Gasteiger charge is 2.35. The predicted octanol–water partition coefficient (Wildman–Crippen LogP) is 15.6. The molecule has 0 saturated carbocycles. The first-order valence-corrected chi connectivity index (χ1v) is 21.3. The third kappa shape index (κ3) is 6.32. The van der Waals surface area contributed by atoms with Crippen LogP contribution in [0.3, 0.4) is 0 Å². The van der Waals surface area contributed by atoms with Crippen molar-refractivity contribution in [1.29, 1.82) is 0 Å². The van der Waals surface area contributed by atoms with E-state index in [1.54, 1.807) is 0 Å². The number of fused-ring (bicyclic) bond motifs is 6. The van der Waals surface area contributed by atoms with Crippen LogP contribution in [0, 0.1) is 0 Å². The van der Waals surface area contributed by atoms with E-state index in [-0.39, 0.29) is 9.84 Å². The number of halogens is 1. The summed E-state index contributed by atoms with van der Waals surface area (Å²) >= 11 is 2.64. The fraction of sp³-hybridized carbons (Fsp3) is 0.0364. The minimum Gasteiger partial charge on any atom is -0.455 e. The van der Waals surface area contributed by atoms with Crippen LogP contribution in [0.15, 0.2) is 222 Å². The second-order valence-corrected chi connectivity index (χ2v) is 16.5. The molecule has 11 rings (SSSR count). The molecule has 280 valence electrons. The third-order valence-corrected chi connectivity index (χ3v) is 13.0. The largest absolute Gasteiger partial charge is 0.455 e. The molecule has 0 N–H and O–H groups in total. The normalized spacial score (nSPS) is 15.0. The zero-order valence-corrected chi connectivity index (χ0v) is 34.2. The SMILES string of the molecule is IC1C(c2ccc(N(c3ccc(-c4ccccc4)cc3)c3ccc(-c4ccccc4)cc3)cc2)=Nc2ccccc2C1c1cccc2oc3c4ccccc4ccc3c12. The molecule has 0 spiro atoms. The number of hydrogen-bond donors (Lipinski definition) is 0. The van der Waals surface area contributed by atoms with Crippen molar-refractivity contribution in [2.45, 2.75) is 9.84 Å². The lowest BCUT2D eigenvalue weighted by Crippen LogP contribution is -2.27. The lowest BCUT2D eigenvalue weighted by Gasteiger charge is -2.31. The van der Waals surface area contributed by atoms with Crippen molar-refractivity contribution >= 4 is 83.8 Å². The molecule has 59 heavy (non-hydrogen) atoms. The molecule has 3 nitrogen and oxygen atoms in total. The van der Waals surface area contributed by atoms with Gasteiger partial charge in [-0.05, 0) is 98.9 Å². The molecule has 9 aromatic carbocycles. The Kier molecular flexibility index (Phi) is 8.93. The summed E-state index contributed by atoms with van der Waals surface area (Å²) in [7, 11) is 0. The molecule has 0 aliphatic carbocycles. The summed E-state index contributed by atoms with van der Waals surface area (Å²) in [5.41, 5.74) is 15.6. The van der Waals surface area contributed by atoms with Crippen LogP contribution >= 0.6 is 22.6 Å². The van der Waals surface area contributed by atoms with Gasteiger partial charge >= 0.3 is 0 Å². The van der Waals surface area contributed by atoms with Gasteiger partial charge in [-0.1, -0.05) is 180 Å². The van der Waals surface area contributed by atoms with E-state index < -0.39 is 0 Å².